The Morgan fingerprint density at radius 3 is 2.72 bits per heavy atom. The number of carbonyl (C=O) groups excluding carboxylic acids is 1. The van der Waals surface area contributed by atoms with Gasteiger partial charge in [0, 0.05) is 24.5 Å². The summed E-state index contributed by atoms with van der Waals surface area (Å²) < 4.78 is 0. The molecule has 2 amide bonds. The van der Waals surface area contributed by atoms with Gasteiger partial charge >= 0.3 is 6.03 Å². The van der Waals surface area contributed by atoms with Crippen molar-refractivity contribution < 1.29 is 9.90 Å². The number of nitrogen functional groups attached to an aromatic ring is 1. The van der Waals surface area contributed by atoms with Crippen molar-refractivity contribution in [1.82, 2.24) is 4.90 Å². The molecule has 1 aliphatic rings. The normalized spacial score (nSPS) is 18.4. The summed E-state index contributed by atoms with van der Waals surface area (Å²) in [4.78, 5) is 13.7. The van der Waals surface area contributed by atoms with Gasteiger partial charge in [0.05, 0.1) is 5.60 Å². The molecule has 1 heterocycles. The zero-order valence-corrected chi connectivity index (χ0v) is 10.5. The second kappa shape index (κ2) is 4.86. The molecule has 1 aliphatic heterocycles. The number of anilines is 2. The molecule has 0 unspecified atom stereocenters. The van der Waals surface area contributed by atoms with Gasteiger partial charge in [-0.1, -0.05) is 6.07 Å². The zero-order chi connectivity index (χ0) is 13.2. The molecule has 0 spiro atoms. The summed E-state index contributed by atoms with van der Waals surface area (Å²) in [5.74, 6) is 0. The Balaban J connectivity index is 1.93. The van der Waals surface area contributed by atoms with Crippen LogP contribution in [-0.2, 0) is 0 Å². The van der Waals surface area contributed by atoms with Gasteiger partial charge in [0.25, 0.3) is 0 Å². The standard InChI is InChI=1S/C13H19N3O2/c1-13(18)5-7-16(8-6-13)12(17)15-11-4-2-3-10(14)9-11/h2-4,9,18H,5-8,14H2,1H3,(H,15,17). The fourth-order valence-electron chi connectivity index (χ4n) is 2.01. The molecule has 2 rings (SSSR count). The van der Waals surface area contributed by atoms with Crippen LogP contribution in [0.2, 0.25) is 0 Å². The molecular weight excluding hydrogens is 230 g/mol. The van der Waals surface area contributed by atoms with E-state index in [1.54, 1.807) is 36.1 Å². The molecule has 5 heteroatoms. The smallest absolute Gasteiger partial charge is 0.321 e. The Morgan fingerprint density at radius 2 is 2.11 bits per heavy atom. The average Bonchev–Trinajstić information content (AvgIpc) is 2.28. The fourth-order valence-corrected chi connectivity index (χ4v) is 2.01. The van der Waals surface area contributed by atoms with Crippen molar-refractivity contribution in [1.29, 1.82) is 0 Å². The average molecular weight is 249 g/mol. The first-order valence-electron chi connectivity index (χ1n) is 6.10. The summed E-state index contributed by atoms with van der Waals surface area (Å²) in [6.45, 7) is 2.95. The van der Waals surface area contributed by atoms with Crippen LogP contribution in [0, 0.1) is 0 Å². The van der Waals surface area contributed by atoms with Gasteiger partial charge in [0.2, 0.25) is 0 Å². The van der Waals surface area contributed by atoms with Gasteiger partial charge < -0.3 is 21.1 Å². The topological polar surface area (TPSA) is 78.6 Å². The highest BCUT2D eigenvalue weighted by Crippen LogP contribution is 2.22. The lowest BCUT2D eigenvalue weighted by molar-refractivity contribution is 0.00570. The number of hydrogen-bond acceptors (Lipinski definition) is 3. The van der Waals surface area contributed by atoms with E-state index in [0.717, 1.165) is 0 Å². The molecule has 18 heavy (non-hydrogen) atoms. The summed E-state index contributed by atoms with van der Waals surface area (Å²) in [5.41, 5.74) is 6.32. The van der Waals surface area contributed by atoms with E-state index in [4.69, 9.17) is 5.73 Å². The van der Waals surface area contributed by atoms with Crippen LogP contribution in [0.5, 0.6) is 0 Å². The summed E-state index contributed by atoms with van der Waals surface area (Å²) in [7, 11) is 0. The van der Waals surface area contributed by atoms with Crippen molar-refractivity contribution in [2.45, 2.75) is 25.4 Å². The lowest BCUT2D eigenvalue weighted by Gasteiger charge is -2.35. The number of carbonyl (C=O) groups is 1. The maximum atomic E-state index is 12.0. The van der Waals surface area contributed by atoms with Crippen LogP contribution in [0.4, 0.5) is 16.2 Å². The number of piperidine rings is 1. The van der Waals surface area contributed by atoms with Gasteiger partial charge in [0.1, 0.15) is 0 Å². The highest BCUT2D eigenvalue weighted by atomic mass is 16.3. The monoisotopic (exact) mass is 249 g/mol. The van der Waals surface area contributed by atoms with Crippen LogP contribution in [-0.4, -0.2) is 34.7 Å². The molecule has 1 aromatic rings. The van der Waals surface area contributed by atoms with Gasteiger partial charge in [-0.05, 0) is 38.0 Å². The predicted molar refractivity (Wildman–Crippen MR) is 71.3 cm³/mol. The third-order valence-corrected chi connectivity index (χ3v) is 3.27. The Morgan fingerprint density at radius 1 is 1.44 bits per heavy atom. The molecule has 0 aliphatic carbocycles. The molecule has 0 atom stereocenters. The van der Waals surface area contributed by atoms with Gasteiger partial charge in [-0.3, -0.25) is 0 Å². The van der Waals surface area contributed by atoms with E-state index in [1.807, 2.05) is 0 Å². The summed E-state index contributed by atoms with van der Waals surface area (Å²) in [6, 6.07) is 6.95. The third-order valence-electron chi connectivity index (χ3n) is 3.27. The number of benzene rings is 1. The largest absolute Gasteiger partial charge is 0.399 e. The molecule has 0 aromatic heterocycles. The minimum absolute atomic E-state index is 0.142. The number of nitrogens with two attached hydrogens (primary N) is 1. The second-order valence-corrected chi connectivity index (χ2v) is 5.04. The maximum absolute atomic E-state index is 12.0. The minimum atomic E-state index is -0.645. The highest BCUT2D eigenvalue weighted by Gasteiger charge is 2.29. The van der Waals surface area contributed by atoms with Crippen LogP contribution in [0.3, 0.4) is 0 Å². The zero-order valence-electron chi connectivity index (χ0n) is 10.5. The second-order valence-electron chi connectivity index (χ2n) is 5.04. The van der Waals surface area contributed by atoms with Crippen LogP contribution in [0.15, 0.2) is 24.3 Å². The number of nitrogens with zero attached hydrogens (tertiary/aromatic N) is 1. The van der Waals surface area contributed by atoms with E-state index in [0.29, 0.717) is 37.3 Å². The van der Waals surface area contributed by atoms with E-state index in [1.165, 1.54) is 0 Å². The van der Waals surface area contributed by atoms with Gasteiger partial charge in [-0.25, -0.2) is 4.79 Å². The third kappa shape index (κ3) is 3.13. The van der Waals surface area contributed by atoms with Gasteiger partial charge in [-0.15, -0.1) is 0 Å². The van der Waals surface area contributed by atoms with Gasteiger partial charge in [-0.2, -0.15) is 0 Å². The lowest BCUT2D eigenvalue weighted by atomic mass is 9.94. The van der Waals surface area contributed by atoms with E-state index in [9.17, 15) is 9.90 Å². The van der Waals surface area contributed by atoms with Crippen molar-refractivity contribution in [2.24, 2.45) is 0 Å². The quantitative estimate of drug-likeness (QED) is 0.662. The number of urea groups is 1. The highest BCUT2D eigenvalue weighted by molar-refractivity contribution is 5.89. The molecule has 98 valence electrons. The van der Waals surface area contributed by atoms with E-state index in [2.05, 4.69) is 5.32 Å². The van der Waals surface area contributed by atoms with Crippen molar-refractivity contribution in [3.05, 3.63) is 24.3 Å². The SMILES string of the molecule is CC1(O)CCN(C(=O)Nc2cccc(N)c2)CC1. The van der Waals surface area contributed by atoms with E-state index >= 15 is 0 Å². The number of amides is 2. The molecule has 4 N–H and O–H groups in total. The first kappa shape index (κ1) is 12.7. The number of likely N-dealkylation sites (tertiary alicyclic amines) is 1. The van der Waals surface area contributed by atoms with Crippen molar-refractivity contribution in [2.75, 3.05) is 24.1 Å². The van der Waals surface area contributed by atoms with Crippen molar-refractivity contribution in [3.63, 3.8) is 0 Å². The summed E-state index contributed by atoms with van der Waals surface area (Å²) >= 11 is 0. The molecule has 1 fully saturated rings. The van der Waals surface area contributed by atoms with E-state index in [-0.39, 0.29) is 6.03 Å². The molecule has 1 saturated heterocycles. The molecule has 1 aromatic carbocycles. The van der Waals surface area contributed by atoms with Gasteiger partial charge in [0.15, 0.2) is 0 Å². The van der Waals surface area contributed by atoms with Crippen LogP contribution in [0.25, 0.3) is 0 Å². The Bertz CT molecular complexity index is 436. The molecule has 5 nitrogen and oxygen atoms in total. The maximum Gasteiger partial charge on any atom is 0.321 e. The van der Waals surface area contributed by atoms with Crippen molar-refractivity contribution in [3.8, 4) is 0 Å². The number of rotatable bonds is 1. The van der Waals surface area contributed by atoms with E-state index < -0.39 is 5.60 Å². The molecule has 0 saturated carbocycles. The molecule has 0 bridgehead atoms. The molecular formula is C13H19N3O2. The lowest BCUT2D eigenvalue weighted by Crippen LogP contribution is -2.46. The van der Waals surface area contributed by atoms with Crippen molar-refractivity contribution >= 4 is 17.4 Å². The summed E-state index contributed by atoms with van der Waals surface area (Å²) in [6.07, 6.45) is 1.22. The number of aliphatic hydroxyl groups is 1. The Hall–Kier alpha value is -1.75. The van der Waals surface area contributed by atoms with Crippen LogP contribution < -0.4 is 11.1 Å². The van der Waals surface area contributed by atoms with Crippen LogP contribution >= 0.6 is 0 Å². The molecule has 0 radical (unpaired) electrons. The Labute approximate surface area is 107 Å². The summed E-state index contributed by atoms with van der Waals surface area (Å²) in [5, 5.41) is 12.6. The number of nitrogens with one attached hydrogen (secondary N) is 1. The first-order chi connectivity index (χ1) is 8.46. The Kier molecular flexibility index (Phi) is 3.43. The first-order valence-corrected chi connectivity index (χ1v) is 6.10. The van der Waals surface area contributed by atoms with Crippen LogP contribution in [0.1, 0.15) is 19.8 Å². The number of hydrogen-bond donors (Lipinski definition) is 3. The predicted octanol–water partition coefficient (Wildman–Crippen LogP) is 1.65. The minimum Gasteiger partial charge on any atom is -0.399 e. The fraction of sp³-hybridized carbons (Fsp3) is 0.462.